The Bertz CT molecular complexity index is 665. The first kappa shape index (κ1) is 15.9. The van der Waals surface area contributed by atoms with Crippen molar-refractivity contribution in [2.75, 3.05) is 19.5 Å². The summed E-state index contributed by atoms with van der Waals surface area (Å²) >= 11 is 0. The minimum absolute atomic E-state index is 0.219. The number of rotatable bonds is 5. The Kier molecular flexibility index (Phi) is 5.04. The average molecular weight is 299 g/mol. The lowest BCUT2D eigenvalue weighted by molar-refractivity contribution is 0.102. The largest absolute Gasteiger partial charge is 0.497 e. The van der Waals surface area contributed by atoms with E-state index in [-0.39, 0.29) is 5.91 Å². The van der Waals surface area contributed by atoms with Crippen LogP contribution in [0.5, 0.6) is 11.5 Å². The molecule has 0 aromatic heterocycles. The second-order valence-electron chi connectivity index (χ2n) is 5.26. The Hall–Kier alpha value is -2.49. The lowest BCUT2D eigenvalue weighted by atomic mass is 10.0. The maximum absolute atomic E-state index is 12.6. The summed E-state index contributed by atoms with van der Waals surface area (Å²) < 4.78 is 10.4. The van der Waals surface area contributed by atoms with Gasteiger partial charge in [-0.1, -0.05) is 32.0 Å². The quantitative estimate of drug-likeness (QED) is 0.905. The van der Waals surface area contributed by atoms with Gasteiger partial charge in [0.1, 0.15) is 11.5 Å². The van der Waals surface area contributed by atoms with Crippen LogP contribution in [0.4, 0.5) is 5.69 Å². The van der Waals surface area contributed by atoms with E-state index in [4.69, 9.17) is 9.47 Å². The van der Waals surface area contributed by atoms with E-state index in [0.29, 0.717) is 23.0 Å². The second kappa shape index (κ2) is 6.98. The maximum Gasteiger partial charge on any atom is 0.259 e. The monoisotopic (exact) mass is 299 g/mol. The van der Waals surface area contributed by atoms with E-state index < -0.39 is 0 Å². The molecule has 0 spiro atoms. The van der Waals surface area contributed by atoms with Gasteiger partial charge in [0.25, 0.3) is 5.91 Å². The summed E-state index contributed by atoms with van der Waals surface area (Å²) in [4.78, 5) is 12.6. The molecule has 0 unspecified atom stereocenters. The smallest absolute Gasteiger partial charge is 0.259 e. The first-order valence-electron chi connectivity index (χ1n) is 7.19. The number of nitrogens with one attached hydrogen (secondary N) is 1. The number of hydrogen-bond acceptors (Lipinski definition) is 3. The Morgan fingerprint density at radius 3 is 2.41 bits per heavy atom. The molecule has 116 valence electrons. The Labute approximate surface area is 131 Å². The predicted octanol–water partition coefficient (Wildman–Crippen LogP) is 4.08. The molecule has 0 fully saturated rings. The first-order valence-corrected chi connectivity index (χ1v) is 7.19. The van der Waals surface area contributed by atoms with E-state index in [0.717, 1.165) is 11.3 Å². The highest BCUT2D eigenvalue weighted by Crippen LogP contribution is 2.27. The highest BCUT2D eigenvalue weighted by molar-refractivity contribution is 6.06. The van der Waals surface area contributed by atoms with Gasteiger partial charge >= 0.3 is 0 Å². The molecule has 0 heterocycles. The third-order valence-corrected chi connectivity index (χ3v) is 3.48. The summed E-state index contributed by atoms with van der Waals surface area (Å²) in [6.07, 6.45) is 0. The molecule has 22 heavy (non-hydrogen) atoms. The molecule has 2 aromatic rings. The molecule has 0 atom stereocenters. The van der Waals surface area contributed by atoms with Gasteiger partial charge in [-0.05, 0) is 35.7 Å². The lowest BCUT2D eigenvalue weighted by Crippen LogP contribution is -2.15. The van der Waals surface area contributed by atoms with Crippen LogP contribution < -0.4 is 14.8 Å². The predicted molar refractivity (Wildman–Crippen MR) is 88.0 cm³/mol. The van der Waals surface area contributed by atoms with E-state index in [1.165, 1.54) is 0 Å². The fraction of sp³-hybridized carbons (Fsp3) is 0.278. The zero-order valence-electron chi connectivity index (χ0n) is 13.3. The molecule has 4 heteroatoms. The lowest BCUT2D eigenvalue weighted by Gasteiger charge is -2.15. The number of hydrogen-bond donors (Lipinski definition) is 1. The number of ether oxygens (including phenoxy) is 2. The van der Waals surface area contributed by atoms with Crippen LogP contribution in [0.2, 0.25) is 0 Å². The standard InChI is InChI=1S/C18H21NO3/c1-12(2)14-7-5-6-8-16(14)19-18(20)15-11-13(21-3)9-10-17(15)22-4/h5-12H,1-4H3,(H,19,20). The molecule has 0 aliphatic rings. The van der Waals surface area contributed by atoms with Gasteiger partial charge in [0.05, 0.1) is 19.8 Å². The van der Waals surface area contributed by atoms with E-state index in [1.54, 1.807) is 32.4 Å². The number of para-hydroxylation sites is 1. The molecular weight excluding hydrogens is 278 g/mol. The van der Waals surface area contributed by atoms with E-state index in [1.807, 2.05) is 24.3 Å². The Balaban J connectivity index is 2.33. The number of anilines is 1. The molecule has 0 radical (unpaired) electrons. The van der Waals surface area contributed by atoms with E-state index in [9.17, 15) is 4.79 Å². The number of benzene rings is 2. The third-order valence-electron chi connectivity index (χ3n) is 3.48. The van der Waals surface area contributed by atoms with Crippen molar-refractivity contribution in [2.24, 2.45) is 0 Å². The zero-order valence-corrected chi connectivity index (χ0v) is 13.3. The highest BCUT2D eigenvalue weighted by Gasteiger charge is 2.16. The van der Waals surface area contributed by atoms with Crippen molar-refractivity contribution in [3.63, 3.8) is 0 Å². The van der Waals surface area contributed by atoms with Crippen molar-refractivity contribution >= 4 is 11.6 Å². The van der Waals surface area contributed by atoms with Gasteiger partial charge in [-0.2, -0.15) is 0 Å². The van der Waals surface area contributed by atoms with Crippen molar-refractivity contribution in [3.8, 4) is 11.5 Å². The van der Waals surface area contributed by atoms with Crippen LogP contribution in [-0.2, 0) is 0 Å². The van der Waals surface area contributed by atoms with Gasteiger partial charge in [-0.15, -0.1) is 0 Å². The molecular formula is C18H21NO3. The molecule has 0 saturated heterocycles. The fourth-order valence-electron chi connectivity index (χ4n) is 2.30. The van der Waals surface area contributed by atoms with Crippen molar-refractivity contribution < 1.29 is 14.3 Å². The zero-order chi connectivity index (χ0) is 16.1. The molecule has 0 saturated carbocycles. The van der Waals surface area contributed by atoms with Crippen LogP contribution in [0, 0.1) is 0 Å². The van der Waals surface area contributed by atoms with Gasteiger partial charge < -0.3 is 14.8 Å². The normalized spacial score (nSPS) is 10.4. The van der Waals surface area contributed by atoms with Crippen LogP contribution in [0.1, 0.15) is 35.7 Å². The summed E-state index contributed by atoms with van der Waals surface area (Å²) in [5, 5.41) is 2.96. The molecule has 0 aliphatic carbocycles. The van der Waals surface area contributed by atoms with Gasteiger partial charge in [0.15, 0.2) is 0 Å². The minimum atomic E-state index is -0.219. The topological polar surface area (TPSA) is 47.6 Å². The number of carbonyl (C=O) groups is 1. The molecule has 0 aliphatic heterocycles. The summed E-state index contributed by atoms with van der Waals surface area (Å²) in [7, 11) is 3.11. The molecule has 1 amide bonds. The number of methoxy groups -OCH3 is 2. The number of amides is 1. The molecule has 2 aromatic carbocycles. The first-order chi connectivity index (χ1) is 10.6. The van der Waals surface area contributed by atoms with Crippen LogP contribution in [0.3, 0.4) is 0 Å². The molecule has 1 N–H and O–H groups in total. The average Bonchev–Trinajstić information content (AvgIpc) is 2.54. The van der Waals surface area contributed by atoms with Gasteiger partial charge in [0.2, 0.25) is 0 Å². The minimum Gasteiger partial charge on any atom is -0.497 e. The Morgan fingerprint density at radius 2 is 1.77 bits per heavy atom. The van der Waals surface area contributed by atoms with E-state index >= 15 is 0 Å². The summed E-state index contributed by atoms with van der Waals surface area (Å²) in [5.74, 6) is 1.23. The second-order valence-corrected chi connectivity index (χ2v) is 5.26. The van der Waals surface area contributed by atoms with Crippen molar-refractivity contribution in [1.29, 1.82) is 0 Å². The summed E-state index contributed by atoms with van der Waals surface area (Å²) in [6, 6.07) is 13.0. The SMILES string of the molecule is COc1ccc(OC)c(C(=O)Nc2ccccc2C(C)C)c1. The summed E-state index contributed by atoms with van der Waals surface area (Å²) in [5.41, 5.74) is 2.35. The maximum atomic E-state index is 12.6. The fourth-order valence-corrected chi connectivity index (χ4v) is 2.30. The van der Waals surface area contributed by atoms with E-state index in [2.05, 4.69) is 19.2 Å². The molecule has 4 nitrogen and oxygen atoms in total. The van der Waals surface area contributed by atoms with Crippen molar-refractivity contribution in [1.82, 2.24) is 0 Å². The summed E-state index contributed by atoms with van der Waals surface area (Å²) in [6.45, 7) is 4.19. The molecule has 2 rings (SSSR count). The van der Waals surface area contributed by atoms with Crippen LogP contribution in [0.25, 0.3) is 0 Å². The van der Waals surface area contributed by atoms with Gasteiger partial charge in [0, 0.05) is 5.69 Å². The third kappa shape index (κ3) is 3.39. The van der Waals surface area contributed by atoms with Gasteiger partial charge in [-0.3, -0.25) is 4.79 Å². The van der Waals surface area contributed by atoms with Gasteiger partial charge in [-0.25, -0.2) is 0 Å². The molecule has 0 bridgehead atoms. The Morgan fingerprint density at radius 1 is 1.05 bits per heavy atom. The van der Waals surface area contributed by atoms with Crippen LogP contribution in [0.15, 0.2) is 42.5 Å². The number of carbonyl (C=O) groups excluding carboxylic acids is 1. The highest BCUT2D eigenvalue weighted by atomic mass is 16.5. The van der Waals surface area contributed by atoms with Crippen molar-refractivity contribution in [2.45, 2.75) is 19.8 Å². The van der Waals surface area contributed by atoms with Crippen molar-refractivity contribution in [3.05, 3.63) is 53.6 Å². The van der Waals surface area contributed by atoms with Crippen LogP contribution >= 0.6 is 0 Å². The van der Waals surface area contributed by atoms with Crippen LogP contribution in [-0.4, -0.2) is 20.1 Å².